The van der Waals surface area contributed by atoms with Gasteiger partial charge in [0.25, 0.3) is 0 Å². The molecule has 0 aromatic carbocycles. The number of halogens is 1. The molecule has 0 saturated heterocycles. The average Bonchev–Trinajstić information content (AvgIpc) is 2.73. The lowest BCUT2D eigenvalue weighted by molar-refractivity contribution is 0.108. The Labute approximate surface area is 99.4 Å². The van der Waals surface area contributed by atoms with Crippen molar-refractivity contribution in [1.82, 2.24) is 9.97 Å². The third kappa shape index (κ3) is 2.36. The first-order valence-electron chi connectivity index (χ1n) is 5.26. The lowest BCUT2D eigenvalue weighted by Gasteiger charge is -2.14. The van der Waals surface area contributed by atoms with Crippen LogP contribution in [0.5, 0.6) is 0 Å². The molecule has 0 spiro atoms. The number of nitrogens with one attached hydrogen (secondary N) is 1. The molecular formula is C10H15ClN4O. The number of nitrogen functional groups attached to an aromatic ring is 1. The average molecular weight is 243 g/mol. The molecule has 1 aromatic heterocycles. The molecule has 5 nitrogen and oxygen atoms in total. The summed E-state index contributed by atoms with van der Waals surface area (Å²) in [6, 6.07) is 0.344. The highest BCUT2D eigenvalue weighted by Gasteiger charge is 2.25. The van der Waals surface area contributed by atoms with E-state index in [4.69, 9.17) is 22.1 Å². The first-order valence-corrected chi connectivity index (χ1v) is 5.63. The topological polar surface area (TPSA) is 73.1 Å². The summed E-state index contributed by atoms with van der Waals surface area (Å²) in [6.07, 6.45) is 4.82. The molecule has 0 aliphatic heterocycles. The number of hydrogen-bond acceptors (Lipinski definition) is 5. The number of aromatic nitrogens is 2. The zero-order chi connectivity index (χ0) is 11.5. The highest BCUT2D eigenvalue weighted by atomic mass is 35.5. The Morgan fingerprint density at radius 2 is 2.31 bits per heavy atom. The maximum Gasteiger partial charge on any atom is 0.150 e. The first kappa shape index (κ1) is 11.4. The highest BCUT2D eigenvalue weighted by Crippen LogP contribution is 2.28. The normalized spacial score (nSPS) is 24.6. The van der Waals surface area contributed by atoms with Gasteiger partial charge in [0.05, 0.1) is 6.10 Å². The zero-order valence-electron chi connectivity index (χ0n) is 9.11. The minimum atomic E-state index is 0.306. The third-order valence-corrected chi connectivity index (χ3v) is 3.25. The largest absolute Gasteiger partial charge is 0.382 e. The van der Waals surface area contributed by atoms with E-state index in [9.17, 15) is 0 Å². The van der Waals surface area contributed by atoms with E-state index in [1.807, 2.05) is 0 Å². The molecule has 1 aliphatic carbocycles. The lowest BCUT2D eigenvalue weighted by Crippen LogP contribution is -2.18. The molecule has 88 valence electrons. The fraction of sp³-hybridized carbons (Fsp3) is 0.600. The van der Waals surface area contributed by atoms with Gasteiger partial charge in [-0.15, -0.1) is 0 Å². The molecule has 16 heavy (non-hydrogen) atoms. The Bertz CT molecular complexity index is 374. The van der Waals surface area contributed by atoms with Crippen LogP contribution in [0.15, 0.2) is 6.33 Å². The Balaban J connectivity index is 2.02. The van der Waals surface area contributed by atoms with Crippen LogP contribution in [0.25, 0.3) is 0 Å². The molecule has 1 heterocycles. The molecule has 2 rings (SSSR count). The van der Waals surface area contributed by atoms with E-state index in [1.165, 1.54) is 6.33 Å². The second kappa shape index (κ2) is 4.84. The fourth-order valence-corrected chi connectivity index (χ4v) is 2.11. The van der Waals surface area contributed by atoms with Gasteiger partial charge in [-0.2, -0.15) is 0 Å². The molecule has 0 unspecified atom stereocenters. The minimum absolute atomic E-state index is 0.306. The van der Waals surface area contributed by atoms with Crippen LogP contribution >= 0.6 is 11.6 Å². The molecule has 1 aromatic rings. The summed E-state index contributed by atoms with van der Waals surface area (Å²) in [4.78, 5) is 7.89. The van der Waals surface area contributed by atoms with E-state index in [0.717, 1.165) is 19.3 Å². The summed E-state index contributed by atoms with van der Waals surface area (Å²) in [5.74, 6) is 0.913. The summed E-state index contributed by atoms with van der Waals surface area (Å²) in [5, 5.41) is 3.66. The Morgan fingerprint density at radius 1 is 1.50 bits per heavy atom. The van der Waals surface area contributed by atoms with E-state index >= 15 is 0 Å². The van der Waals surface area contributed by atoms with Gasteiger partial charge in [-0.25, -0.2) is 9.97 Å². The maximum absolute atomic E-state index is 6.00. The molecule has 1 saturated carbocycles. The SMILES string of the molecule is CO[C@@H]1CC[C@H](Nc2ncnc(N)c2Cl)C1. The van der Waals surface area contributed by atoms with Crippen molar-refractivity contribution in [2.45, 2.75) is 31.4 Å². The van der Waals surface area contributed by atoms with Gasteiger partial charge in [-0.1, -0.05) is 11.6 Å². The monoisotopic (exact) mass is 242 g/mol. The number of hydrogen-bond donors (Lipinski definition) is 2. The summed E-state index contributed by atoms with van der Waals surface area (Å²) < 4.78 is 5.30. The van der Waals surface area contributed by atoms with Crippen molar-refractivity contribution in [3.63, 3.8) is 0 Å². The van der Waals surface area contributed by atoms with Crippen molar-refractivity contribution in [3.8, 4) is 0 Å². The third-order valence-electron chi connectivity index (χ3n) is 2.88. The summed E-state index contributed by atoms with van der Waals surface area (Å²) in [7, 11) is 1.74. The van der Waals surface area contributed by atoms with Crippen molar-refractivity contribution in [2.24, 2.45) is 0 Å². The summed E-state index contributed by atoms with van der Waals surface area (Å²) in [6.45, 7) is 0. The molecule has 1 fully saturated rings. The fourth-order valence-electron chi connectivity index (χ4n) is 1.96. The van der Waals surface area contributed by atoms with E-state index < -0.39 is 0 Å². The van der Waals surface area contributed by atoms with Crippen LogP contribution in [0.4, 0.5) is 11.6 Å². The van der Waals surface area contributed by atoms with Gasteiger partial charge in [-0.05, 0) is 19.3 Å². The van der Waals surface area contributed by atoms with Crippen molar-refractivity contribution in [2.75, 3.05) is 18.2 Å². The second-order valence-electron chi connectivity index (χ2n) is 3.93. The van der Waals surface area contributed by atoms with Crippen LogP contribution in [-0.2, 0) is 4.74 Å². The molecule has 6 heteroatoms. The Kier molecular flexibility index (Phi) is 3.46. The van der Waals surface area contributed by atoms with Gasteiger partial charge < -0.3 is 15.8 Å². The number of nitrogens with two attached hydrogens (primary N) is 1. The number of rotatable bonds is 3. The minimum Gasteiger partial charge on any atom is -0.382 e. The lowest BCUT2D eigenvalue weighted by atomic mass is 10.2. The number of nitrogens with zero attached hydrogens (tertiary/aromatic N) is 2. The van der Waals surface area contributed by atoms with Crippen LogP contribution in [0, 0.1) is 0 Å². The van der Waals surface area contributed by atoms with Crippen molar-refractivity contribution < 1.29 is 4.74 Å². The molecule has 1 aliphatic rings. The van der Waals surface area contributed by atoms with Gasteiger partial charge in [0.15, 0.2) is 5.82 Å². The smallest absolute Gasteiger partial charge is 0.150 e. The maximum atomic E-state index is 6.00. The van der Waals surface area contributed by atoms with Crippen molar-refractivity contribution >= 4 is 23.2 Å². The van der Waals surface area contributed by atoms with Crippen LogP contribution in [0.2, 0.25) is 5.02 Å². The van der Waals surface area contributed by atoms with Crippen molar-refractivity contribution in [1.29, 1.82) is 0 Å². The van der Waals surface area contributed by atoms with E-state index in [0.29, 0.717) is 28.8 Å². The molecule has 3 N–H and O–H groups in total. The summed E-state index contributed by atoms with van der Waals surface area (Å²) in [5.41, 5.74) is 5.60. The van der Waals surface area contributed by atoms with Crippen LogP contribution in [0.1, 0.15) is 19.3 Å². The second-order valence-corrected chi connectivity index (χ2v) is 4.31. The molecule has 2 atom stereocenters. The number of ether oxygens (including phenoxy) is 1. The summed E-state index contributed by atoms with van der Waals surface area (Å²) >= 11 is 6.00. The molecule has 0 amide bonds. The van der Waals surface area contributed by atoms with Gasteiger partial charge in [-0.3, -0.25) is 0 Å². The van der Waals surface area contributed by atoms with Gasteiger partial charge in [0.2, 0.25) is 0 Å². The number of methoxy groups -OCH3 is 1. The zero-order valence-corrected chi connectivity index (χ0v) is 9.87. The molecular weight excluding hydrogens is 228 g/mol. The van der Waals surface area contributed by atoms with E-state index in [1.54, 1.807) is 7.11 Å². The van der Waals surface area contributed by atoms with Crippen LogP contribution in [0.3, 0.4) is 0 Å². The number of anilines is 2. The quantitative estimate of drug-likeness (QED) is 0.844. The Morgan fingerprint density at radius 3 is 3.00 bits per heavy atom. The Hall–Kier alpha value is -1.07. The first-order chi connectivity index (χ1) is 7.70. The van der Waals surface area contributed by atoms with Gasteiger partial charge in [0.1, 0.15) is 17.2 Å². The van der Waals surface area contributed by atoms with Crippen molar-refractivity contribution in [3.05, 3.63) is 11.3 Å². The van der Waals surface area contributed by atoms with Gasteiger partial charge >= 0.3 is 0 Å². The molecule has 0 radical (unpaired) electrons. The van der Waals surface area contributed by atoms with E-state index in [2.05, 4.69) is 15.3 Å². The van der Waals surface area contributed by atoms with Gasteiger partial charge in [0, 0.05) is 13.2 Å². The predicted octanol–water partition coefficient (Wildman–Crippen LogP) is 1.69. The highest BCUT2D eigenvalue weighted by molar-refractivity contribution is 6.35. The van der Waals surface area contributed by atoms with Crippen LogP contribution < -0.4 is 11.1 Å². The van der Waals surface area contributed by atoms with Crippen LogP contribution in [-0.4, -0.2) is 29.2 Å². The predicted molar refractivity (Wildman–Crippen MR) is 63.5 cm³/mol. The standard InChI is InChI=1S/C10H15ClN4O/c1-16-7-3-2-6(4-7)15-10-8(11)9(12)13-5-14-10/h5-7H,2-4H2,1H3,(H3,12,13,14,15)/t6-,7+/m0/s1. The molecule has 0 bridgehead atoms. The van der Waals surface area contributed by atoms with E-state index in [-0.39, 0.29) is 0 Å².